The van der Waals surface area contributed by atoms with Crippen LogP contribution in [-0.4, -0.2) is 43.6 Å². The molecule has 0 unspecified atom stereocenters. The van der Waals surface area contributed by atoms with Gasteiger partial charge < -0.3 is 9.64 Å². The van der Waals surface area contributed by atoms with Crippen LogP contribution >= 0.6 is 0 Å². The third-order valence-electron chi connectivity index (χ3n) is 4.98. The summed E-state index contributed by atoms with van der Waals surface area (Å²) in [5, 5.41) is 4.32. The number of nitrogens with zero attached hydrogens (tertiary/aromatic N) is 5. The SMILES string of the molecule is CCn1ccc(C(=O)N2CCC[C@H](c3nccnc3Oc3cccc(F)c3)C2)n1. The Hall–Kier alpha value is -3.29. The number of hydrogen-bond acceptors (Lipinski definition) is 5. The quantitative estimate of drug-likeness (QED) is 0.659. The summed E-state index contributed by atoms with van der Waals surface area (Å²) in [7, 11) is 0. The Morgan fingerprint density at radius 3 is 2.93 bits per heavy atom. The van der Waals surface area contributed by atoms with Gasteiger partial charge in [-0.1, -0.05) is 6.07 Å². The third-order valence-corrected chi connectivity index (χ3v) is 4.98. The second-order valence-electron chi connectivity index (χ2n) is 6.95. The molecule has 7 nitrogen and oxygen atoms in total. The minimum absolute atomic E-state index is 0.0155. The van der Waals surface area contributed by atoms with E-state index in [1.54, 1.807) is 40.2 Å². The van der Waals surface area contributed by atoms with E-state index in [-0.39, 0.29) is 17.6 Å². The fraction of sp³-hybridized carbons (Fsp3) is 0.333. The molecule has 3 heterocycles. The van der Waals surface area contributed by atoms with Gasteiger partial charge in [-0.25, -0.2) is 9.37 Å². The zero-order valence-corrected chi connectivity index (χ0v) is 16.2. The Bertz CT molecular complexity index is 1010. The van der Waals surface area contributed by atoms with Crippen LogP contribution in [-0.2, 0) is 6.54 Å². The summed E-state index contributed by atoms with van der Waals surface area (Å²) in [5.74, 6) is 0.221. The van der Waals surface area contributed by atoms with Crippen LogP contribution in [0.5, 0.6) is 11.6 Å². The maximum atomic E-state index is 13.5. The van der Waals surface area contributed by atoms with Crippen molar-refractivity contribution in [2.45, 2.75) is 32.2 Å². The molecular weight excluding hydrogens is 373 g/mol. The smallest absolute Gasteiger partial charge is 0.274 e. The Morgan fingerprint density at radius 1 is 1.28 bits per heavy atom. The molecule has 1 amide bonds. The van der Waals surface area contributed by atoms with Gasteiger partial charge in [-0.15, -0.1) is 0 Å². The molecule has 2 aromatic heterocycles. The van der Waals surface area contributed by atoms with Gasteiger partial charge in [-0.05, 0) is 38.0 Å². The van der Waals surface area contributed by atoms with Crippen LogP contribution < -0.4 is 4.74 Å². The van der Waals surface area contributed by atoms with E-state index in [2.05, 4.69) is 15.1 Å². The van der Waals surface area contributed by atoms with Gasteiger partial charge in [0, 0.05) is 50.2 Å². The average molecular weight is 395 g/mol. The molecule has 0 aliphatic carbocycles. The summed E-state index contributed by atoms with van der Waals surface area (Å²) in [6.45, 7) is 3.88. The van der Waals surface area contributed by atoms with Crippen molar-refractivity contribution >= 4 is 5.91 Å². The molecule has 1 atom stereocenters. The van der Waals surface area contributed by atoms with E-state index in [1.807, 2.05) is 13.1 Å². The lowest BCUT2D eigenvalue weighted by atomic mass is 9.94. The van der Waals surface area contributed by atoms with Gasteiger partial charge in [0.15, 0.2) is 0 Å². The summed E-state index contributed by atoms with van der Waals surface area (Å²) in [6.07, 6.45) is 6.67. The Kier molecular flexibility index (Phi) is 5.50. The molecule has 1 aliphatic rings. The molecule has 150 valence electrons. The largest absolute Gasteiger partial charge is 0.437 e. The van der Waals surface area contributed by atoms with Crippen molar-refractivity contribution < 1.29 is 13.9 Å². The van der Waals surface area contributed by atoms with Gasteiger partial charge in [0.05, 0.1) is 0 Å². The monoisotopic (exact) mass is 395 g/mol. The molecule has 4 rings (SSSR count). The van der Waals surface area contributed by atoms with Gasteiger partial charge in [-0.3, -0.25) is 14.5 Å². The topological polar surface area (TPSA) is 73.1 Å². The van der Waals surface area contributed by atoms with Crippen molar-refractivity contribution in [1.82, 2.24) is 24.6 Å². The number of likely N-dealkylation sites (tertiary alicyclic amines) is 1. The highest BCUT2D eigenvalue weighted by Crippen LogP contribution is 2.33. The molecule has 3 aromatic rings. The molecule has 8 heteroatoms. The van der Waals surface area contributed by atoms with Crippen LogP contribution in [0.15, 0.2) is 48.9 Å². The molecule has 1 saturated heterocycles. The highest BCUT2D eigenvalue weighted by Gasteiger charge is 2.29. The summed E-state index contributed by atoms with van der Waals surface area (Å²) < 4.78 is 21.0. The zero-order valence-electron chi connectivity index (χ0n) is 16.2. The molecule has 0 bridgehead atoms. The van der Waals surface area contributed by atoms with Crippen molar-refractivity contribution in [3.63, 3.8) is 0 Å². The average Bonchev–Trinajstić information content (AvgIpc) is 3.23. The van der Waals surface area contributed by atoms with Crippen molar-refractivity contribution in [2.24, 2.45) is 0 Å². The van der Waals surface area contributed by atoms with Crippen molar-refractivity contribution in [3.8, 4) is 11.6 Å². The van der Waals surface area contributed by atoms with E-state index in [1.165, 1.54) is 12.1 Å². The number of rotatable bonds is 5. The second-order valence-corrected chi connectivity index (χ2v) is 6.95. The third kappa shape index (κ3) is 4.26. The first-order valence-corrected chi connectivity index (χ1v) is 9.71. The van der Waals surface area contributed by atoms with Crippen molar-refractivity contribution in [1.29, 1.82) is 0 Å². The number of piperidine rings is 1. The molecule has 0 saturated carbocycles. The lowest BCUT2D eigenvalue weighted by Crippen LogP contribution is -2.39. The summed E-state index contributed by atoms with van der Waals surface area (Å²) in [6, 6.07) is 7.66. The van der Waals surface area contributed by atoms with E-state index in [9.17, 15) is 9.18 Å². The fourth-order valence-electron chi connectivity index (χ4n) is 3.54. The fourth-order valence-corrected chi connectivity index (χ4v) is 3.54. The lowest BCUT2D eigenvalue weighted by Gasteiger charge is -2.32. The van der Waals surface area contributed by atoms with Crippen LogP contribution in [0.4, 0.5) is 4.39 Å². The van der Waals surface area contributed by atoms with E-state index < -0.39 is 0 Å². The highest BCUT2D eigenvalue weighted by molar-refractivity contribution is 5.92. The first-order valence-electron chi connectivity index (χ1n) is 9.71. The summed E-state index contributed by atoms with van der Waals surface area (Å²) in [5.41, 5.74) is 1.12. The van der Waals surface area contributed by atoms with E-state index >= 15 is 0 Å². The number of amides is 1. The maximum Gasteiger partial charge on any atom is 0.274 e. The number of ether oxygens (including phenoxy) is 1. The summed E-state index contributed by atoms with van der Waals surface area (Å²) in [4.78, 5) is 23.4. The number of halogens is 1. The first-order chi connectivity index (χ1) is 14.1. The minimum atomic E-state index is -0.381. The Balaban J connectivity index is 1.53. The van der Waals surface area contributed by atoms with Gasteiger partial charge in [-0.2, -0.15) is 5.10 Å². The molecular formula is C21H22FN5O2. The molecule has 29 heavy (non-hydrogen) atoms. The van der Waals surface area contributed by atoms with Crippen molar-refractivity contribution in [3.05, 3.63) is 66.1 Å². The molecule has 1 fully saturated rings. The predicted octanol–water partition coefficient (Wildman–Crippen LogP) is 3.64. The molecule has 0 N–H and O–H groups in total. The highest BCUT2D eigenvalue weighted by atomic mass is 19.1. The van der Waals surface area contributed by atoms with Crippen LogP contribution in [0, 0.1) is 5.82 Å². The van der Waals surface area contributed by atoms with E-state index in [0.29, 0.717) is 36.1 Å². The van der Waals surface area contributed by atoms with Crippen LogP contribution in [0.3, 0.4) is 0 Å². The maximum absolute atomic E-state index is 13.5. The van der Waals surface area contributed by atoms with Crippen LogP contribution in [0.2, 0.25) is 0 Å². The van der Waals surface area contributed by atoms with Gasteiger partial charge in [0.1, 0.15) is 23.0 Å². The van der Waals surface area contributed by atoms with Crippen LogP contribution in [0.25, 0.3) is 0 Å². The molecule has 1 aliphatic heterocycles. The molecule has 1 aromatic carbocycles. The Morgan fingerprint density at radius 2 is 2.14 bits per heavy atom. The molecule has 0 spiro atoms. The number of hydrogen-bond donors (Lipinski definition) is 0. The van der Waals surface area contributed by atoms with Gasteiger partial charge in [0.25, 0.3) is 5.91 Å². The van der Waals surface area contributed by atoms with Crippen LogP contribution in [0.1, 0.15) is 41.9 Å². The number of aromatic nitrogens is 4. The second kappa shape index (κ2) is 8.38. The molecule has 0 radical (unpaired) electrons. The standard InChI is InChI=1S/C21H22FN5O2/c1-2-27-12-8-18(25-27)21(28)26-11-4-5-15(14-26)19-20(24-10-9-23-19)29-17-7-3-6-16(22)13-17/h3,6-10,12-13,15H,2,4-5,11,14H2,1H3/t15-/m0/s1. The normalized spacial score (nSPS) is 16.6. The number of aryl methyl sites for hydroxylation is 1. The van der Waals surface area contributed by atoms with Crippen molar-refractivity contribution in [2.75, 3.05) is 13.1 Å². The van der Waals surface area contributed by atoms with Gasteiger partial charge in [0.2, 0.25) is 5.88 Å². The number of carbonyl (C=O) groups is 1. The van der Waals surface area contributed by atoms with E-state index in [0.717, 1.165) is 19.4 Å². The number of benzene rings is 1. The minimum Gasteiger partial charge on any atom is -0.437 e. The van der Waals surface area contributed by atoms with Gasteiger partial charge >= 0.3 is 0 Å². The van der Waals surface area contributed by atoms with E-state index in [4.69, 9.17) is 4.74 Å². The number of carbonyl (C=O) groups excluding carboxylic acids is 1. The predicted molar refractivity (Wildman–Crippen MR) is 104 cm³/mol. The zero-order chi connectivity index (χ0) is 20.2. The summed E-state index contributed by atoms with van der Waals surface area (Å²) >= 11 is 0. The first kappa shape index (κ1) is 19.0. The lowest BCUT2D eigenvalue weighted by molar-refractivity contribution is 0.0698. The Labute approximate surface area is 168 Å².